The lowest BCUT2D eigenvalue weighted by Crippen LogP contribution is -2.53. The molecule has 1 atom stereocenters. The first-order valence-electron chi connectivity index (χ1n) is 11.9. The molecule has 0 spiro atoms. The summed E-state index contributed by atoms with van der Waals surface area (Å²) in [6.07, 6.45) is 0.747. The van der Waals surface area contributed by atoms with Gasteiger partial charge in [0.2, 0.25) is 5.91 Å². The van der Waals surface area contributed by atoms with E-state index in [0.717, 1.165) is 12.0 Å². The lowest BCUT2D eigenvalue weighted by molar-refractivity contribution is -0.136. The Morgan fingerprint density at radius 2 is 1.86 bits per heavy atom. The van der Waals surface area contributed by atoms with E-state index in [1.54, 1.807) is 64.6 Å². The smallest absolute Gasteiger partial charge is 0.254 e. The molecule has 0 saturated carbocycles. The minimum Gasteiger partial charge on any atom is -0.497 e. The predicted molar refractivity (Wildman–Crippen MR) is 138 cm³/mol. The summed E-state index contributed by atoms with van der Waals surface area (Å²) in [5, 5.41) is 2.02. The van der Waals surface area contributed by atoms with Gasteiger partial charge in [-0.25, -0.2) is 4.39 Å². The number of hydrogen-bond donors (Lipinski definition) is 0. The third kappa shape index (κ3) is 5.70. The Labute approximate surface area is 215 Å². The highest BCUT2D eigenvalue weighted by Gasteiger charge is 2.36. The number of carbonyl (C=O) groups excluding carboxylic acids is 2. The molecule has 0 aliphatic carbocycles. The molecule has 8 heteroatoms. The second-order valence-corrected chi connectivity index (χ2v) is 10.7. The molecule has 0 radical (unpaired) electrons. The van der Waals surface area contributed by atoms with Crippen molar-refractivity contribution in [3.05, 3.63) is 81.8 Å². The number of halogens is 1. The number of amides is 2. The van der Waals surface area contributed by atoms with Crippen LogP contribution in [0.25, 0.3) is 0 Å². The molecule has 190 valence electrons. The van der Waals surface area contributed by atoms with Gasteiger partial charge in [0.25, 0.3) is 5.91 Å². The first-order chi connectivity index (χ1) is 17.2. The zero-order valence-corrected chi connectivity index (χ0v) is 21.8. The molecular weight excluding hydrogens is 479 g/mol. The van der Waals surface area contributed by atoms with Crippen LogP contribution in [0.1, 0.15) is 47.6 Å². The van der Waals surface area contributed by atoms with E-state index in [-0.39, 0.29) is 36.8 Å². The number of rotatable bonds is 7. The maximum atomic E-state index is 13.7. The van der Waals surface area contributed by atoms with Crippen LogP contribution in [0.5, 0.6) is 11.5 Å². The predicted octanol–water partition coefficient (Wildman–Crippen LogP) is 5.34. The standard InChI is InChI=1S/C28H31FN2O4S/c1-28(2,3)31(27(33)19-8-10-21(34-4)11-9-19)17-26(32)30-14-12-25-23(13-15-36-25)24(30)18-35-22-7-5-6-20(29)16-22/h5-11,13,15-16,24H,12,14,17-18H2,1-4H3/t24-/m1/s1. The van der Waals surface area contributed by atoms with Crippen LogP contribution in [-0.4, -0.2) is 54.0 Å². The Kier molecular flexibility index (Phi) is 7.64. The Morgan fingerprint density at radius 1 is 1.11 bits per heavy atom. The lowest BCUT2D eigenvalue weighted by Gasteiger charge is -2.40. The van der Waals surface area contributed by atoms with Crippen LogP contribution >= 0.6 is 11.3 Å². The summed E-state index contributed by atoms with van der Waals surface area (Å²) < 4.78 is 24.8. The minimum atomic E-state index is -0.580. The fourth-order valence-electron chi connectivity index (χ4n) is 4.34. The van der Waals surface area contributed by atoms with Crippen molar-refractivity contribution in [3.63, 3.8) is 0 Å². The summed E-state index contributed by atoms with van der Waals surface area (Å²) in [6, 6.07) is 14.6. The van der Waals surface area contributed by atoms with Gasteiger partial charge >= 0.3 is 0 Å². The van der Waals surface area contributed by atoms with E-state index in [9.17, 15) is 14.0 Å². The molecule has 0 fully saturated rings. The second kappa shape index (κ2) is 10.7. The zero-order valence-electron chi connectivity index (χ0n) is 21.0. The van der Waals surface area contributed by atoms with Crippen molar-refractivity contribution in [1.29, 1.82) is 0 Å². The molecule has 2 heterocycles. The van der Waals surface area contributed by atoms with Crippen LogP contribution < -0.4 is 9.47 Å². The Morgan fingerprint density at radius 3 is 2.53 bits per heavy atom. The van der Waals surface area contributed by atoms with Crippen molar-refractivity contribution in [2.24, 2.45) is 0 Å². The van der Waals surface area contributed by atoms with Gasteiger partial charge in [0.15, 0.2) is 0 Å². The quantitative estimate of drug-likeness (QED) is 0.431. The van der Waals surface area contributed by atoms with Crippen molar-refractivity contribution < 1.29 is 23.5 Å². The van der Waals surface area contributed by atoms with Gasteiger partial charge in [-0.15, -0.1) is 11.3 Å². The van der Waals surface area contributed by atoms with Gasteiger partial charge in [-0.05, 0) is 80.6 Å². The van der Waals surface area contributed by atoms with E-state index < -0.39 is 5.54 Å². The van der Waals surface area contributed by atoms with E-state index in [0.29, 0.717) is 23.6 Å². The molecule has 0 N–H and O–H groups in total. The summed E-state index contributed by atoms with van der Waals surface area (Å²) in [7, 11) is 1.57. The highest BCUT2D eigenvalue weighted by Crippen LogP contribution is 2.34. The number of fused-ring (bicyclic) bond motifs is 1. The number of thiophene rings is 1. The molecule has 1 aliphatic heterocycles. The molecule has 0 unspecified atom stereocenters. The SMILES string of the molecule is COc1ccc(C(=O)N(CC(=O)N2CCc3sccc3[C@H]2COc2cccc(F)c2)C(C)(C)C)cc1. The Balaban J connectivity index is 1.55. The molecule has 36 heavy (non-hydrogen) atoms. The van der Waals surface area contributed by atoms with Gasteiger partial charge in [-0.2, -0.15) is 0 Å². The summed E-state index contributed by atoms with van der Waals surface area (Å²) >= 11 is 1.66. The molecule has 1 aromatic heterocycles. The van der Waals surface area contributed by atoms with Crippen LogP contribution in [-0.2, 0) is 11.2 Å². The molecule has 4 rings (SSSR count). The van der Waals surface area contributed by atoms with Crippen LogP contribution in [0, 0.1) is 5.82 Å². The summed E-state index contributed by atoms with van der Waals surface area (Å²) in [6.45, 7) is 6.40. The first kappa shape index (κ1) is 25.7. The average Bonchev–Trinajstić information content (AvgIpc) is 3.34. The van der Waals surface area contributed by atoms with Crippen molar-refractivity contribution in [3.8, 4) is 11.5 Å². The van der Waals surface area contributed by atoms with Gasteiger partial charge in [-0.1, -0.05) is 6.07 Å². The largest absolute Gasteiger partial charge is 0.497 e. The van der Waals surface area contributed by atoms with Gasteiger partial charge in [0.05, 0.1) is 13.2 Å². The topological polar surface area (TPSA) is 59.1 Å². The number of methoxy groups -OCH3 is 1. The van der Waals surface area contributed by atoms with E-state index >= 15 is 0 Å². The minimum absolute atomic E-state index is 0.0652. The van der Waals surface area contributed by atoms with Crippen molar-refractivity contribution in [2.45, 2.75) is 38.8 Å². The molecular formula is C28H31FN2O4S. The number of carbonyl (C=O) groups is 2. The zero-order chi connectivity index (χ0) is 25.9. The van der Waals surface area contributed by atoms with Gasteiger partial charge in [0.1, 0.15) is 30.5 Å². The highest BCUT2D eigenvalue weighted by molar-refractivity contribution is 7.10. The molecule has 3 aromatic rings. The van der Waals surface area contributed by atoms with Gasteiger partial charge in [0, 0.05) is 28.6 Å². The molecule has 0 bridgehead atoms. The fourth-order valence-corrected chi connectivity index (χ4v) is 5.26. The monoisotopic (exact) mass is 510 g/mol. The second-order valence-electron chi connectivity index (χ2n) is 9.71. The van der Waals surface area contributed by atoms with Crippen molar-refractivity contribution >= 4 is 23.2 Å². The normalized spacial score (nSPS) is 15.2. The van der Waals surface area contributed by atoms with E-state index in [1.807, 2.05) is 32.2 Å². The number of benzene rings is 2. The number of hydrogen-bond acceptors (Lipinski definition) is 5. The highest BCUT2D eigenvalue weighted by atomic mass is 32.1. The van der Waals surface area contributed by atoms with Crippen molar-refractivity contribution in [2.75, 3.05) is 26.8 Å². The molecule has 2 aromatic carbocycles. The third-order valence-electron chi connectivity index (χ3n) is 6.30. The average molecular weight is 511 g/mol. The maximum Gasteiger partial charge on any atom is 0.254 e. The van der Waals surface area contributed by atoms with Gasteiger partial charge in [-0.3, -0.25) is 9.59 Å². The van der Waals surface area contributed by atoms with Gasteiger partial charge < -0.3 is 19.3 Å². The van der Waals surface area contributed by atoms with Crippen LogP contribution in [0.4, 0.5) is 4.39 Å². The molecule has 1 aliphatic rings. The maximum absolute atomic E-state index is 13.7. The summed E-state index contributed by atoms with van der Waals surface area (Å²) in [4.78, 5) is 31.7. The summed E-state index contributed by atoms with van der Waals surface area (Å²) in [5.74, 6) is 0.315. The first-order valence-corrected chi connectivity index (χ1v) is 12.8. The molecule has 6 nitrogen and oxygen atoms in total. The number of nitrogens with zero attached hydrogens (tertiary/aromatic N) is 2. The van der Waals surface area contributed by atoms with E-state index in [2.05, 4.69) is 0 Å². The van der Waals surface area contributed by atoms with E-state index in [1.165, 1.54) is 17.0 Å². The van der Waals surface area contributed by atoms with Crippen LogP contribution in [0.15, 0.2) is 60.0 Å². The van der Waals surface area contributed by atoms with Crippen LogP contribution in [0.2, 0.25) is 0 Å². The molecule has 2 amide bonds. The Bertz CT molecular complexity index is 1220. The molecule has 0 saturated heterocycles. The summed E-state index contributed by atoms with van der Waals surface area (Å²) in [5.41, 5.74) is 0.951. The number of ether oxygens (including phenoxy) is 2. The van der Waals surface area contributed by atoms with Crippen molar-refractivity contribution in [1.82, 2.24) is 9.80 Å². The Hall–Kier alpha value is -3.39. The van der Waals surface area contributed by atoms with E-state index in [4.69, 9.17) is 9.47 Å². The van der Waals surface area contributed by atoms with Crippen LogP contribution in [0.3, 0.4) is 0 Å². The third-order valence-corrected chi connectivity index (χ3v) is 7.30. The lowest BCUT2D eigenvalue weighted by atomic mass is 9.99. The fraction of sp³-hybridized carbons (Fsp3) is 0.357.